The van der Waals surface area contributed by atoms with Gasteiger partial charge in [-0.15, -0.1) is 4.33 Å². The molecule has 0 aromatic carbocycles. The van der Waals surface area contributed by atoms with E-state index in [1.54, 1.807) is 12.1 Å². The number of carbonyl (C=O) groups is 1. The topological polar surface area (TPSA) is 48.4 Å². The summed E-state index contributed by atoms with van der Waals surface area (Å²) in [6.07, 6.45) is 1.48. The van der Waals surface area contributed by atoms with Crippen LogP contribution in [0.4, 0.5) is 0 Å². The molecule has 1 heterocycles. The normalized spacial score (nSPS) is 8.42. The standard InChI is InChI=1S/C6H5NO3S.Na.H/c8-6(9-10-11)5-3-1-2-4-7-5;;/h1-4,11H;;. The van der Waals surface area contributed by atoms with Crippen LogP contribution in [0.15, 0.2) is 24.4 Å². The van der Waals surface area contributed by atoms with Gasteiger partial charge in [0, 0.05) is 19.1 Å². The maximum absolute atomic E-state index is 10.8. The number of pyridine rings is 1. The molecule has 1 aromatic rings. The summed E-state index contributed by atoms with van der Waals surface area (Å²) in [5.41, 5.74) is 0.182. The molecule has 0 fully saturated rings. The molecule has 0 spiro atoms. The van der Waals surface area contributed by atoms with Crippen molar-refractivity contribution in [1.29, 1.82) is 0 Å². The van der Waals surface area contributed by atoms with Crippen LogP contribution < -0.4 is 0 Å². The van der Waals surface area contributed by atoms with E-state index in [0.717, 1.165) is 0 Å². The zero-order chi connectivity index (χ0) is 8.10. The zero-order valence-electron chi connectivity index (χ0n) is 5.43. The Morgan fingerprint density at radius 3 is 2.75 bits per heavy atom. The van der Waals surface area contributed by atoms with Crippen molar-refractivity contribution >= 4 is 48.4 Å². The van der Waals surface area contributed by atoms with Crippen LogP contribution in [0.25, 0.3) is 0 Å². The van der Waals surface area contributed by atoms with Crippen LogP contribution in [0.3, 0.4) is 0 Å². The van der Waals surface area contributed by atoms with Crippen LogP contribution >= 0.6 is 12.9 Å². The van der Waals surface area contributed by atoms with Crippen molar-refractivity contribution < 1.29 is 14.0 Å². The molecule has 0 unspecified atom stereocenters. The second-order valence-electron chi connectivity index (χ2n) is 1.66. The van der Waals surface area contributed by atoms with Crippen LogP contribution in [0, 0.1) is 0 Å². The first-order valence-electron chi connectivity index (χ1n) is 2.78. The molecule has 1 aromatic heterocycles. The SMILES string of the molecule is O=C(OOS)c1ccccn1.[NaH]. The summed E-state index contributed by atoms with van der Waals surface area (Å²) in [4.78, 5) is 18.6. The van der Waals surface area contributed by atoms with Gasteiger partial charge in [-0.25, -0.2) is 9.78 Å². The molecule has 12 heavy (non-hydrogen) atoms. The van der Waals surface area contributed by atoms with E-state index >= 15 is 0 Å². The number of nitrogens with zero attached hydrogens (tertiary/aromatic N) is 1. The molecule has 0 aliphatic rings. The van der Waals surface area contributed by atoms with Gasteiger partial charge in [-0.1, -0.05) is 6.07 Å². The van der Waals surface area contributed by atoms with E-state index in [2.05, 4.69) is 27.1 Å². The van der Waals surface area contributed by atoms with Crippen LogP contribution in [0.2, 0.25) is 0 Å². The number of hydrogen-bond donors (Lipinski definition) is 1. The Balaban J connectivity index is 0.00000121. The van der Waals surface area contributed by atoms with E-state index in [1.807, 2.05) is 0 Å². The van der Waals surface area contributed by atoms with Gasteiger partial charge in [-0.05, 0) is 12.1 Å². The zero-order valence-corrected chi connectivity index (χ0v) is 6.32. The average Bonchev–Trinajstić information content (AvgIpc) is 2.07. The molecular weight excluding hydrogens is 189 g/mol. The second-order valence-corrected chi connectivity index (χ2v) is 1.81. The summed E-state index contributed by atoms with van der Waals surface area (Å²) >= 11 is 3.24. The molecule has 4 nitrogen and oxygen atoms in total. The van der Waals surface area contributed by atoms with Gasteiger partial charge in [0.05, 0.1) is 0 Å². The molecule has 0 radical (unpaired) electrons. The summed E-state index contributed by atoms with van der Waals surface area (Å²) in [7, 11) is 0. The van der Waals surface area contributed by atoms with Crippen molar-refractivity contribution in [3.05, 3.63) is 30.1 Å². The quantitative estimate of drug-likeness (QED) is 0.243. The molecule has 6 heteroatoms. The Labute approximate surface area is 97.1 Å². The molecule has 0 amide bonds. The van der Waals surface area contributed by atoms with Crippen molar-refractivity contribution in [2.75, 3.05) is 0 Å². The van der Waals surface area contributed by atoms with Crippen molar-refractivity contribution in [1.82, 2.24) is 4.98 Å². The van der Waals surface area contributed by atoms with Gasteiger partial charge in [0.15, 0.2) is 5.69 Å². The van der Waals surface area contributed by atoms with Crippen LogP contribution in [0.5, 0.6) is 0 Å². The van der Waals surface area contributed by atoms with Crippen LogP contribution in [-0.4, -0.2) is 40.5 Å². The molecule has 60 valence electrons. The predicted molar refractivity (Wildman–Crippen MR) is 46.9 cm³/mol. The molecule has 0 aliphatic carbocycles. The fourth-order valence-electron chi connectivity index (χ4n) is 0.560. The van der Waals surface area contributed by atoms with E-state index < -0.39 is 5.97 Å². The average molecular weight is 195 g/mol. The van der Waals surface area contributed by atoms with Crippen LogP contribution in [0.1, 0.15) is 10.5 Å². The fraction of sp³-hybridized carbons (Fsp3) is 0. The molecular formula is C6H6NNaO3S. The Morgan fingerprint density at radius 2 is 2.25 bits per heavy atom. The first-order chi connectivity index (χ1) is 5.34. The first-order valence-corrected chi connectivity index (χ1v) is 3.14. The van der Waals surface area contributed by atoms with E-state index in [-0.39, 0.29) is 35.3 Å². The molecule has 1 rings (SSSR count). The summed E-state index contributed by atoms with van der Waals surface area (Å²) in [5.74, 6) is -0.666. The van der Waals surface area contributed by atoms with E-state index in [4.69, 9.17) is 0 Å². The van der Waals surface area contributed by atoms with Crippen LogP contribution in [-0.2, 0) is 9.22 Å². The molecule has 0 N–H and O–H groups in total. The molecule has 0 atom stereocenters. The second kappa shape index (κ2) is 6.45. The van der Waals surface area contributed by atoms with E-state index in [0.29, 0.717) is 0 Å². The van der Waals surface area contributed by atoms with Crippen molar-refractivity contribution in [2.45, 2.75) is 0 Å². The number of hydrogen-bond acceptors (Lipinski definition) is 5. The summed E-state index contributed by atoms with van der Waals surface area (Å²) in [6, 6.07) is 4.87. The van der Waals surface area contributed by atoms with Gasteiger partial charge < -0.3 is 0 Å². The number of aromatic nitrogens is 1. The number of thiol groups is 1. The Bertz CT molecular complexity index is 244. The van der Waals surface area contributed by atoms with Crippen molar-refractivity contribution in [3.63, 3.8) is 0 Å². The van der Waals surface area contributed by atoms with Gasteiger partial charge in [0.2, 0.25) is 0 Å². The minimum atomic E-state index is -0.666. The fourth-order valence-corrected chi connectivity index (χ4v) is 0.628. The minimum absolute atomic E-state index is 0. The monoisotopic (exact) mass is 195 g/mol. The predicted octanol–water partition coefficient (Wildman–Crippen LogP) is 0.366. The molecule has 0 saturated heterocycles. The molecule has 0 saturated carbocycles. The van der Waals surface area contributed by atoms with Gasteiger partial charge in [-0.2, -0.15) is 0 Å². The Kier molecular flexibility index (Phi) is 6.41. The van der Waals surface area contributed by atoms with Gasteiger partial charge in [0.1, 0.15) is 0 Å². The van der Waals surface area contributed by atoms with Gasteiger partial charge in [0.25, 0.3) is 0 Å². The molecule has 0 bridgehead atoms. The van der Waals surface area contributed by atoms with Gasteiger partial charge >= 0.3 is 35.5 Å². The Morgan fingerprint density at radius 1 is 1.50 bits per heavy atom. The van der Waals surface area contributed by atoms with Crippen molar-refractivity contribution in [2.24, 2.45) is 0 Å². The number of carbonyl (C=O) groups excluding carboxylic acids is 1. The van der Waals surface area contributed by atoms with E-state index in [9.17, 15) is 4.79 Å². The van der Waals surface area contributed by atoms with Crippen molar-refractivity contribution in [3.8, 4) is 0 Å². The summed E-state index contributed by atoms with van der Waals surface area (Å²) in [5, 5.41) is 0. The number of rotatable bonds is 2. The van der Waals surface area contributed by atoms with Gasteiger partial charge in [-0.3, -0.25) is 4.89 Å². The third-order valence-corrected chi connectivity index (χ3v) is 1.06. The summed E-state index contributed by atoms with van der Waals surface area (Å²) in [6.45, 7) is 0. The summed E-state index contributed by atoms with van der Waals surface area (Å²) < 4.78 is 3.86. The third-order valence-electron chi connectivity index (χ3n) is 0.987. The van der Waals surface area contributed by atoms with E-state index in [1.165, 1.54) is 12.3 Å². The maximum atomic E-state index is 10.8. The molecule has 0 aliphatic heterocycles. The Hall–Kier alpha value is -0.0700. The third kappa shape index (κ3) is 3.55. The first kappa shape index (κ1) is 11.9.